The van der Waals surface area contributed by atoms with Gasteiger partial charge in [-0.1, -0.05) is 0 Å². The molecule has 2 aliphatic carbocycles. The Balaban J connectivity index is 0.000000190. The number of ether oxygens (including phenoxy) is 3. The molecule has 2 atom stereocenters. The molecule has 0 radical (unpaired) electrons. The molecule has 3 saturated heterocycles. The number of hydrogen-bond donors (Lipinski definition) is 2. The number of fused-ring (bicyclic) bond motifs is 6. The molecule has 0 saturated carbocycles. The van der Waals surface area contributed by atoms with Gasteiger partial charge >= 0.3 is 5.97 Å². The number of aliphatic carboxylic acids is 1. The number of amides is 3. The highest BCUT2D eigenvalue weighted by Crippen LogP contribution is 2.42. The Hall–Kier alpha value is -4.82. The standard InChI is InChI=1S/C27H37N3O6S.C24H32N2O6S/c1-3-29(15-26(31)28-21-16-36-17-21)27(32)20-6-8-25-23(14-20)22-13-19(18-9-11-35-12-10-18)5-7-24(22)30(25)37(33,34)4-2;1-3-25(15-23(27)28)24(29)18-6-8-22-20(14-18)19-13-17(16-9-11-32-12-10-16)5-7-21(19)26(22)33(30,31)4-2/h6,8,14,18-19,21H,3-5,7,9-13,15-17H2,1-2H3,(H,28,31);6,8,14,16-17H,3-5,7,9-13,15H2,1-2H3,(H,27,28). The maximum absolute atomic E-state index is 13.4. The molecule has 4 aromatic rings. The van der Waals surface area contributed by atoms with Crippen molar-refractivity contribution in [3.05, 3.63) is 70.0 Å². The van der Waals surface area contributed by atoms with E-state index in [-0.39, 0.29) is 54.9 Å². The average molecular weight is 1010 g/mol. The number of aromatic nitrogens is 2. The van der Waals surface area contributed by atoms with Crippen LogP contribution in [-0.2, 0) is 69.5 Å². The molecule has 2 aromatic carbocycles. The first-order valence-electron chi connectivity index (χ1n) is 25.2. The first-order chi connectivity index (χ1) is 33.6. The predicted octanol–water partition coefficient (Wildman–Crippen LogP) is 5.27. The molecule has 3 aliphatic heterocycles. The fourth-order valence-corrected chi connectivity index (χ4v) is 13.9. The van der Waals surface area contributed by atoms with E-state index in [0.717, 1.165) is 111 Å². The molecule has 17 nitrogen and oxygen atoms in total. The molecule has 19 heteroatoms. The highest BCUT2D eigenvalue weighted by molar-refractivity contribution is 7.90. The van der Waals surface area contributed by atoms with Crippen molar-refractivity contribution < 1.29 is 55.3 Å². The van der Waals surface area contributed by atoms with E-state index in [2.05, 4.69) is 5.32 Å². The molecule has 9 rings (SSSR count). The van der Waals surface area contributed by atoms with Crippen molar-refractivity contribution in [2.45, 2.75) is 97.9 Å². The molecule has 2 unspecified atom stereocenters. The summed E-state index contributed by atoms with van der Waals surface area (Å²) in [6.07, 6.45) is 9.02. The lowest BCUT2D eigenvalue weighted by Crippen LogP contribution is -2.51. The Morgan fingerprint density at radius 2 is 1.04 bits per heavy atom. The Labute approximate surface area is 411 Å². The summed E-state index contributed by atoms with van der Waals surface area (Å²) in [7, 11) is -7.02. The van der Waals surface area contributed by atoms with Gasteiger partial charge in [-0.2, -0.15) is 0 Å². The number of carbonyl (C=O) groups is 4. The monoisotopic (exact) mass is 1010 g/mol. The third-order valence-electron chi connectivity index (χ3n) is 15.4. The summed E-state index contributed by atoms with van der Waals surface area (Å²) in [5.41, 5.74) is 5.85. The van der Waals surface area contributed by atoms with Gasteiger partial charge in [-0.15, -0.1) is 0 Å². The fourth-order valence-electron chi connectivity index (χ4n) is 11.4. The van der Waals surface area contributed by atoms with Gasteiger partial charge in [-0.05, 0) is 163 Å². The Morgan fingerprint density at radius 3 is 1.41 bits per heavy atom. The quantitative estimate of drug-likeness (QED) is 0.156. The van der Waals surface area contributed by atoms with E-state index in [0.29, 0.717) is 78.4 Å². The second-order valence-corrected chi connectivity index (χ2v) is 23.6. The van der Waals surface area contributed by atoms with Crippen LogP contribution in [0.15, 0.2) is 36.4 Å². The maximum Gasteiger partial charge on any atom is 0.323 e. The van der Waals surface area contributed by atoms with Crippen LogP contribution in [0.2, 0.25) is 0 Å². The number of benzene rings is 2. The summed E-state index contributed by atoms with van der Waals surface area (Å²) in [5, 5.41) is 13.6. The minimum absolute atomic E-state index is 0.00445. The minimum atomic E-state index is -3.51. The number of carboxylic acids is 1. The van der Waals surface area contributed by atoms with Crippen molar-refractivity contribution in [3.8, 4) is 0 Å². The molecule has 70 heavy (non-hydrogen) atoms. The van der Waals surface area contributed by atoms with E-state index in [1.807, 2.05) is 13.0 Å². The molecule has 2 N–H and O–H groups in total. The van der Waals surface area contributed by atoms with Crippen LogP contribution in [-0.4, -0.2) is 147 Å². The van der Waals surface area contributed by atoms with Crippen LogP contribution < -0.4 is 5.32 Å². The molecule has 3 fully saturated rings. The molecular formula is C51H69N5O12S2. The van der Waals surface area contributed by atoms with E-state index in [4.69, 9.17) is 19.3 Å². The lowest BCUT2D eigenvalue weighted by Gasteiger charge is -2.33. The van der Waals surface area contributed by atoms with Gasteiger partial charge in [-0.25, -0.2) is 24.8 Å². The van der Waals surface area contributed by atoms with Gasteiger partial charge in [0.15, 0.2) is 0 Å². The lowest BCUT2D eigenvalue weighted by molar-refractivity contribution is -0.137. The van der Waals surface area contributed by atoms with Crippen molar-refractivity contribution in [1.29, 1.82) is 0 Å². The zero-order chi connectivity index (χ0) is 49.9. The lowest BCUT2D eigenvalue weighted by atomic mass is 9.75. The molecular weight excluding hydrogens is 939 g/mol. The number of likely N-dealkylation sites (N-methyl/N-ethyl adjacent to an activating group) is 2. The highest BCUT2D eigenvalue weighted by Gasteiger charge is 2.36. The van der Waals surface area contributed by atoms with Crippen LogP contribution in [0.1, 0.15) is 109 Å². The first-order valence-corrected chi connectivity index (χ1v) is 28.4. The normalized spacial score (nSPS) is 20.2. The summed E-state index contributed by atoms with van der Waals surface area (Å²) in [6.45, 7) is 11.3. The van der Waals surface area contributed by atoms with Crippen molar-refractivity contribution in [3.63, 3.8) is 0 Å². The van der Waals surface area contributed by atoms with E-state index in [1.165, 1.54) is 17.7 Å². The Morgan fingerprint density at radius 1 is 0.614 bits per heavy atom. The topological polar surface area (TPSA) is 213 Å². The van der Waals surface area contributed by atoms with Crippen LogP contribution in [0.4, 0.5) is 0 Å². The number of hydrogen-bond acceptors (Lipinski definition) is 11. The summed E-state index contributed by atoms with van der Waals surface area (Å²) in [4.78, 5) is 52.9. The molecule has 3 amide bonds. The summed E-state index contributed by atoms with van der Waals surface area (Å²) >= 11 is 0. The SMILES string of the molecule is CCN(CC(=O)NC1COC1)C(=O)c1ccc2c(c1)c1c(n2S(=O)(=O)CC)CCC(C2CCOCC2)C1.CCN(CC(=O)O)C(=O)c1ccc2c(c1)c1c(n2S(=O)(=O)CC)CCC(C2CCOCC2)C1. The van der Waals surface area contributed by atoms with Crippen LogP contribution in [0.25, 0.3) is 21.8 Å². The largest absolute Gasteiger partial charge is 0.480 e. The van der Waals surface area contributed by atoms with Crippen LogP contribution >= 0.6 is 0 Å². The number of carbonyl (C=O) groups excluding carboxylic acids is 3. The molecule has 5 aliphatic rings. The third-order valence-corrected chi connectivity index (χ3v) is 18.8. The number of rotatable bonds is 15. The smallest absolute Gasteiger partial charge is 0.323 e. The van der Waals surface area contributed by atoms with E-state index in [9.17, 15) is 36.0 Å². The van der Waals surface area contributed by atoms with Crippen LogP contribution in [0, 0.1) is 23.7 Å². The first kappa shape index (κ1) is 51.5. The summed E-state index contributed by atoms with van der Waals surface area (Å²) < 4.78 is 71.6. The third kappa shape index (κ3) is 10.7. The van der Waals surface area contributed by atoms with E-state index < -0.39 is 26.0 Å². The van der Waals surface area contributed by atoms with Crippen molar-refractivity contribution in [1.82, 2.24) is 23.1 Å². The fraction of sp³-hybridized carbons (Fsp3) is 0.608. The van der Waals surface area contributed by atoms with Gasteiger partial charge in [0.25, 0.3) is 11.8 Å². The highest BCUT2D eigenvalue weighted by atomic mass is 32.2. The van der Waals surface area contributed by atoms with Crippen LogP contribution in [0.5, 0.6) is 0 Å². The van der Waals surface area contributed by atoms with E-state index >= 15 is 0 Å². The van der Waals surface area contributed by atoms with Gasteiger partial charge in [-0.3, -0.25) is 19.2 Å². The summed E-state index contributed by atoms with van der Waals surface area (Å²) in [6, 6.07) is 10.4. The molecule has 2 aromatic heterocycles. The molecule has 5 heterocycles. The van der Waals surface area contributed by atoms with Gasteiger partial charge in [0, 0.05) is 72.8 Å². The van der Waals surface area contributed by atoms with Crippen molar-refractivity contribution >= 4 is 65.5 Å². The van der Waals surface area contributed by atoms with Gasteiger partial charge in [0.2, 0.25) is 26.0 Å². The molecule has 382 valence electrons. The minimum Gasteiger partial charge on any atom is -0.480 e. The molecule has 0 bridgehead atoms. The zero-order valence-electron chi connectivity index (χ0n) is 41.0. The zero-order valence-corrected chi connectivity index (χ0v) is 42.6. The van der Waals surface area contributed by atoms with Crippen LogP contribution in [0.3, 0.4) is 0 Å². The maximum atomic E-state index is 13.4. The van der Waals surface area contributed by atoms with Crippen molar-refractivity contribution in [2.24, 2.45) is 23.7 Å². The Kier molecular flexibility index (Phi) is 16.1. The van der Waals surface area contributed by atoms with Gasteiger partial charge in [0.05, 0.1) is 48.3 Å². The van der Waals surface area contributed by atoms with E-state index in [1.54, 1.807) is 51.1 Å². The second-order valence-electron chi connectivity index (χ2n) is 19.4. The Bertz CT molecular complexity index is 2820. The molecule has 0 spiro atoms. The van der Waals surface area contributed by atoms with Gasteiger partial charge < -0.3 is 34.4 Å². The van der Waals surface area contributed by atoms with Crippen molar-refractivity contribution in [2.75, 3.05) is 77.3 Å². The number of nitrogens with one attached hydrogen (secondary N) is 1. The number of carboxylic acid groups (broad SMARTS) is 1. The van der Waals surface area contributed by atoms with Gasteiger partial charge in [0.1, 0.15) is 6.54 Å². The number of nitrogens with zero attached hydrogens (tertiary/aromatic N) is 4. The second kappa shape index (κ2) is 21.9. The average Bonchev–Trinajstić information content (AvgIpc) is 3.88. The predicted molar refractivity (Wildman–Crippen MR) is 265 cm³/mol. The summed E-state index contributed by atoms with van der Waals surface area (Å²) in [5.74, 6) is 0.207.